The summed E-state index contributed by atoms with van der Waals surface area (Å²) in [6.07, 6.45) is -4.01. The van der Waals surface area contributed by atoms with Crippen molar-refractivity contribution in [2.45, 2.75) is 38.7 Å². The SMILES string of the molecule is CC(C)C[C@H]1CNC[C@H]2c3cccc(OC(F)(F)F)c3C(=O)N12.Cl. The molecule has 134 valence electrons. The summed E-state index contributed by atoms with van der Waals surface area (Å²) < 4.78 is 41.9. The predicted octanol–water partition coefficient (Wildman–Crippen LogP) is 3.52. The number of ether oxygens (including phenoxy) is 1. The molecule has 1 amide bonds. The molecule has 1 saturated heterocycles. The van der Waals surface area contributed by atoms with E-state index in [4.69, 9.17) is 0 Å². The quantitative estimate of drug-likeness (QED) is 0.892. The first-order valence-electron chi connectivity index (χ1n) is 7.70. The summed E-state index contributed by atoms with van der Waals surface area (Å²) in [5, 5.41) is 3.28. The van der Waals surface area contributed by atoms with Crippen molar-refractivity contribution in [1.29, 1.82) is 0 Å². The second kappa shape index (κ2) is 6.80. The van der Waals surface area contributed by atoms with Gasteiger partial charge in [0.15, 0.2) is 0 Å². The largest absolute Gasteiger partial charge is 0.573 e. The van der Waals surface area contributed by atoms with Crippen molar-refractivity contribution >= 4 is 18.3 Å². The van der Waals surface area contributed by atoms with Crippen LogP contribution in [0.25, 0.3) is 0 Å². The normalized spacial score (nSPS) is 22.9. The summed E-state index contributed by atoms with van der Waals surface area (Å²) in [4.78, 5) is 14.5. The number of carbonyl (C=O) groups is 1. The first-order valence-corrected chi connectivity index (χ1v) is 7.70. The lowest BCUT2D eigenvalue weighted by molar-refractivity contribution is -0.274. The van der Waals surface area contributed by atoms with Gasteiger partial charge < -0.3 is 15.0 Å². The van der Waals surface area contributed by atoms with E-state index in [9.17, 15) is 18.0 Å². The first-order chi connectivity index (χ1) is 10.8. The molecule has 0 aromatic heterocycles. The van der Waals surface area contributed by atoms with E-state index in [1.807, 2.05) is 0 Å². The minimum Gasteiger partial charge on any atom is -0.405 e. The fourth-order valence-electron chi connectivity index (χ4n) is 3.54. The molecule has 8 heteroatoms. The fourth-order valence-corrected chi connectivity index (χ4v) is 3.54. The van der Waals surface area contributed by atoms with Crippen molar-refractivity contribution in [1.82, 2.24) is 10.2 Å². The number of rotatable bonds is 3. The van der Waals surface area contributed by atoms with Gasteiger partial charge in [-0.05, 0) is 24.0 Å². The van der Waals surface area contributed by atoms with E-state index < -0.39 is 12.1 Å². The van der Waals surface area contributed by atoms with Crippen LogP contribution >= 0.6 is 12.4 Å². The third-order valence-corrected chi connectivity index (χ3v) is 4.28. The van der Waals surface area contributed by atoms with Crippen LogP contribution in [0.4, 0.5) is 13.2 Å². The number of carbonyl (C=O) groups excluding carboxylic acids is 1. The number of fused-ring (bicyclic) bond motifs is 3. The molecule has 1 fully saturated rings. The molecule has 2 heterocycles. The Morgan fingerprint density at radius 2 is 2.04 bits per heavy atom. The number of benzene rings is 1. The maximum Gasteiger partial charge on any atom is 0.573 e. The van der Waals surface area contributed by atoms with Gasteiger partial charge in [-0.3, -0.25) is 4.79 Å². The molecule has 4 nitrogen and oxygen atoms in total. The number of nitrogens with one attached hydrogen (secondary N) is 1. The molecule has 1 aromatic carbocycles. The predicted molar refractivity (Wildman–Crippen MR) is 85.4 cm³/mol. The Labute approximate surface area is 144 Å². The van der Waals surface area contributed by atoms with Gasteiger partial charge in [0.25, 0.3) is 5.91 Å². The van der Waals surface area contributed by atoms with Crippen LogP contribution in [-0.2, 0) is 0 Å². The molecular formula is C16H20ClF3N2O2. The van der Waals surface area contributed by atoms with Crippen LogP contribution < -0.4 is 10.1 Å². The highest BCUT2D eigenvalue weighted by atomic mass is 35.5. The number of piperazine rings is 1. The zero-order valence-electron chi connectivity index (χ0n) is 13.4. The Bertz CT molecular complexity index is 622. The summed E-state index contributed by atoms with van der Waals surface area (Å²) in [5.41, 5.74) is 0.657. The highest BCUT2D eigenvalue weighted by Crippen LogP contribution is 2.42. The molecule has 0 unspecified atom stereocenters. The van der Waals surface area contributed by atoms with E-state index in [-0.39, 0.29) is 36.0 Å². The maximum absolute atomic E-state index is 12.8. The summed E-state index contributed by atoms with van der Waals surface area (Å²) in [6.45, 7) is 5.33. The molecule has 0 radical (unpaired) electrons. The zero-order chi connectivity index (χ0) is 16.8. The molecule has 1 N–H and O–H groups in total. The molecule has 0 aliphatic carbocycles. The molecular weight excluding hydrogens is 345 g/mol. The summed E-state index contributed by atoms with van der Waals surface area (Å²) in [6, 6.07) is 4.16. The third-order valence-electron chi connectivity index (χ3n) is 4.28. The van der Waals surface area contributed by atoms with E-state index >= 15 is 0 Å². The second-order valence-electron chi connectivity index (χ2n) is 6.44. The smallest absolute Gasteiger partial charge is 0.405 e. The lowest BCUT2D eigenvalue weighted by Crippen LogP contribution is -2.52. The van der Waals surface area contributed by atoms with Crippen LogP contribution in [0.5, 0.6) is 5.75 Å². The van der Waals surface area contributed by atoms with Crippen LogP contribution in [0.1, 0.15) is 42.2 Å². The molecule has 0 spiro atoms. The first kappa shape index (κ1) is 18.9. The average Bonchev–Trinajstić information content (AvgIpc) is 2.72. The van der Waals surface area contributed by atoms with Gasteiger partial charge in [-0.1, -0.05) is 26.0 Å². The number of nitrogens with zero attached hydrogens (tertiary/aromatic N) is 1. The molecule has 0 saturated carbocycles. The molecule has 2 aliphatic heterocycles. The molecule has 0 bridgehead atoms. The lowest BCUT2D eigenvalue weighted by atomic mass is 9.97. The summed E-state index contributed by atoms with van der Waals surface area (Å²) in [7, 11) is 0. The maximum atomic E-state index is 12.8. The van der Waals surface area contributed by atoms with Crippen molar-refractivity contribution in [3.8, 4) is 5.75 Å². The van der Waals surface area contributed by atoms with Crippen molar-refractivity contribution in [2.75, 3.05) is 13.1 Å². The van der Waals surface area contributed by atoms with Gasteiger partial charge in [-0.25, -0.2) is 0 Å². The van der Waals surface area contributed by atoms with Crippen molar-refractivity contribution in [2.24, 2.45) is 5.92 Å². The van der Waals surface area contributed by atoms with E-state index in [0.717, 1.165) is 6.42 Å². The number of hydrogen-bond donors (Lipinski definition) is 1. The Morgan fingerprint density at radius 1 is 1.33 bits per heavy atom. The monoisotopic (exact) mass is 364 g/mol. The number of alkyl halides is 3. The van der Waals surface area contributed by atoms with Gasteiger partial charge >= 0.3 is 6.36 Å². The lowest BCUT2D eigenvalue weighted by Gasteiger charge is -2.39. The Balaban J connectivity index is 0.00000208. The standard InChI is InChI=1S/C16H19F3N2O2.ClH/c1-9(2)6-10-7-20-8-12-11-4-3-5-13(23-16(17,18)19)14(11)15(22)21(10)12;/h3-5,9-10,12,20H,6-8H2,1-2H3;1H/t10-,12-;/m0./s1. The number of hydrogen-bond acceptors (Lipinski definition) is 3. The van der Waals surface area contributed by atoms with Gasteiger partial charge in [0.05, 0.1) is 11.6 Å². The van der Waals surface area contributed by atoms with Gasteiger partial charge in [-0.15, -0.1) is 25.6 Å². The Morgan fingerprint density at radius 3 is 2.67 bits per heavy atom. The van der Waals surface area contributed by atoms with E-state index in [1.54, 1.807) is 11.0 Å². The van der Waals surface area contributed by atoms with Gasteiger partial charge in [-0.2, -0.15) is 0 Å². The van der Waals surface area contributed by atoms with Crippen LogP contribution in [0.3, 0.4) is 0 Å². The Hall–Kier alpha value is -1.47. The summed E-state index contributed by atoms with van der Waals surface area (Å²) >= 11 is 0. The molecule has 2 aliphatic rings. The van der Waals surface area contributed by atoms with Gasteiger partial charge in [0, 0.05) is 19.1 Å². The minimum absolute atomic E-state index is 0. The Kier molecular flexibility index (Phi) is 5.34. The minimum atomic E-state index is -4.81. The van der Waals surface area contributed by atoms with E-state index in [2.05, 4.69) is 23.9 Å². The molecule has 1 aromatic rings. The third kappa shape index (κ3) is 3.47. The fraction of sp³-hybridized carbons (Fsp3) is 0.562. The van der Waals surface area contributed by atoms with Crippen molar-refractivity contribution < 1.29 is 22.7 Å². The number of amides is 1. The van der Waals surface area contributed by atoms with Crippen LogP contribution in [0.2, 0.25) is 0 Å². The van der Waals surface area contributed by atoms with Crippen LogP contribution in [0, 0.1) is 5.92 Å². The average molecular weight is 365 g/mol. The highest BCUT2D eigenvalue weighted by molar-refractivity contribution is 6.02. The van der Waals surface area contributed by atoms with E-state index in [0.29, 0.717) is 24.6 Å². The van der Waals surface area contributed by atoms with Crippen molar-refractivity contribution in [3.63, 3.8) is 0 Å². The van der Waals surface area contributed by atoms with Gasteiger partial charge in [0.1, 0.15) is 5.75 Å². The zero-order valence-corrected chi connectivity index (χ0v) is 14.2. The van der Waals surface area contributed by atoms with Gasteiger partial charge in [0.2, 0.25) is 0 Å². The highest BCUT2D eigenvalue weighted by Gasteiger charge is 2.45. The van der Waals surface area contributed by atoms with Crippen LogP contribution in [0.15, 0.2) is 18.2 Å². The molecule has 24 heavy (non-hydrogen) atoms. The second-order valence-corrected chi connectivity index (χ2v) is 6.44. The van der Waals surface area contributed by atoms with Crippen LogP contribution in [-0.4, -0.2) is 36.3 Å². The number of halogens is 4. The van der Waals surface area contributed by atoms with Crippen molar-refractivity contribution in [3.05, 3.63) is 29.3 Å². The van der Waals surface area contributed by atoms with E-state index in [1.165, 1.54) is 12.1 Å². The molecule has 2 atom stereocenters. The topological polar surface area (TPSA) is 41.6 Å². The molecule has 3 rings (SSSR count). The summed E-state index contributed by atoms with van der Waals surface area (Å²) in [5.74, 6) is -0.377.